The van der Waals surface area contributed by atoms with Gasteiger partial charge in [0.1, 0.15) is 17.2 Å². The predicted octanol–water partition coefficient (Wildman–Crippen LogP) is 5.07. The van der Waals surface area contributed by atoms with Crippen LogP contribution in [0.15, 0.2) is 59.1 Å². The van der Waals surface area contributed by atoms with E-state index in [1.807, 2.05) is 0 Å². The predicted molar refractivity (Wildman–Crippen MR) is 94.2 cm³/mol. The first-order valence-corrected chi connectivity index (χ1v) is 8.43. The van der Waals surface area contributed by atoms with Crippen molar-refractivity contribution in [3.8, 4) is 17.0 Å². The number of ether oxygens (including phenoxy) is 1. The van der Waals surface area contributed by atoms with Gasteiger partial charge in [0.25, 0.3) is 0 Å². The maximum atomic E-state index is 13.1. The van der Waals surface area contributed by atoms with Crippen molar-refractivity contribution in [2.75, 3.05) is 6.61 Å². The van der Waals surface area contributed by atoms with Crippen LogP contribution >= 0.6 is 0 Å². The smallest absolute Gasteiger partial charge is 0.417 e. The molecule has 8 heteroatoms. The number of nitrogens with zero attached hydrogens (tertiary/aromatic N) is 1. The molecule has 0 atom stereocenters. The molecule has 146 valence electrons. The fraction of sp³-hybridized carbons (Fsp3) is 0.200. The molecule has 0 spiro atoms. The van der Waals surface area contributed by atoms with E-state index in [4.69, 9.17) is 14.4 Å². The van der Waals surface area contributed by atoms with Crippen LogP contribution in [0.1, 0.15) is 28.1 Å². The molecular weight excluding hydrogens is 375 g/mol. The Kier molecular flexibility index (Phi) is 5.67. The number of halogens is 3. The number of carboxylic acids is 1. The molecule has 0 fully saturated rings. The second-order valence-corrected chi connectivity index (χ2v) is 6.00. The first kappa shape index (κ1) is 19.5. The van der Waals surface area contributed by atoms with Crippen LogP contribution in [-0.2, 0) is 12.6 Å². The molecule has 0 aliphatic heterocycles. The summed E-state index contributed by atoms with van der Waals surface area (Å²) in [5, 5.41) is 12.6. The molecule has 1 heterocycles. The van der Waals surface area contributed by atoms with Gasteiger partial charge in [-0.2, -0.15) is 13.2 Å². The topological polar surface area (TPSA) is 72.6 Å². The van der Waals surface area contributed by atoms with Crippen LogP contribution in [-0.4, -0.2) is 22.8 Å². The summed E-state index contributed by atoms with van der Waals surface area (Å²) in [7, 11) is 0. The highest BCUT2D eigenvalue weighted by Crippen LogP contribution is 2.36. The van der Waals surface area contributed by atoms with E-state index in [-0.39, 0.29) is 16.8 Å². The molecule has 3 aromatic rings. The summed E-state index contributed by atoms with van der Waals surface area (Å²) < 4.78 is 50.0. The minimum atomic E-state index is -4.47. The molecule has 1 N–H and O–H groups in total. The summed E-state index contributed by atoms with van der Waals surface area (Å²) in [5.74, 6) is -0.0288. The summed E-state index contributed by atoms with van der Waals surface area (Å²) >= 11 is 0. The van der Waals surface area contributed by atoms with Crippen LogP contribution < -0.4 is 4.74 Å². The van der Waals surface area contributed by atoms with Crippen LogP contribution in [0.3, 0.4) is 0 Å². The fourth-order valence-corrected chi connectivity index (χ4v) is 2.64. The van der Waals surface area contributed by atoms with Crippen molar-refractivity contribution in [2.24, 2.45) is 0 Å². The van der Waals surface area contributed by atoms with E-state index >= 15 is 0 Å². The minimum Gasteiger partial charge on any atom is -0.494 e. The molecule has 0 aliphatic rings. The zero-order chi connectivity index (χ0) is 20.1. The number of aromatic carboxylic acids is 1. The number of aromatic nitrogens is 1. The molecule has 3 rings (SSSR count). The minimum absolute atomic E-state index is 0.0280. The zero-order valence-corrected chi connectivity index (χ0v) is 14.6. The Bertz CT molecular complexity index is 949. The van der Waals surface area contributed by atoms with Crippen LogP contribution in [0.2, 0.25) is 0 Å². The van der Waals surface area contributed by atoms with Gasteiger partial charge in [0.05, 0.1) is 17.7 Å². The van der Waals surface area contributed by atoms with Gasteiger partial charge in [-0.15, -0.1) is 0 Å². The third kappa shape index (κ3) is 4.70. The average molecular weight is 391 g/mol. The Labute approximate surface area is 158 Å². The molecule has 0 saturated heterocycles. The quantitative estimate of drug-likeness (QED) is 0.569. The molecule has 0 amide bonds. The first-order valence-electron chi connectivity index (χ1n) is 8.43. The number of rotatable bonds is 7. The van der Waals surface area contributed by atoms with Gasteiger partial charge >= 0.3 is 12.1 Å². The molecule has 0 bridgehead atoms. The lowest BCUT2D eigenvalue weighted by Crippen LogP contribution is -2.06. The molecule has 28 heavy (non-hydrogen) atoms. The van der Waals surface area contributed by atoms with E-state index in [1.54, 1.807) is 12.1 Å². The van der Waals surface area contributed by atoms with Crippen molar-refractivity contribution < 1.29 is 32.3 Å². The Morgan fingerprint density at radius 3 is 2.50 bits per heavy atom. The van der Waals surface area contributed by atoms with Gasteiger partial charge in [0.15, 0.2) is 0 Å². The molecular formula is C20H16F3NO4. The average Bonchev–Trinajstić information content (AvgIpc) is 3.14. The van der Waals surface area contributed by atoms with Crippen molar-refractivity contribution in [3.05, 3.63) is 71.5 Å². The maximum Gasteiger partial charge on any atom is 0.417 e. The SMILES string of the molecule is O=C(O)c1ccc(OCCCc2cc(-c3ccccc3C(F)(F)F)no2)cc1. The van der Waals surface area contributed by atoms with Crippen LogP contribution in [0.25, 0.3) is 11.3 Å². The third-order valence-electron chi connectivity index (χ3n) is 4.00. The van der Waals surface area contributed by atoms with E-state index in [0.717, 1.165) is 6.07 Å². The van der Waals surface area contributed by atoms with E-state index in [1.165, 1.54) is 36.4 Å². The van der Waals surface area contributed by atoms with E-state index in [9.17, 15) is 18.0 Å². The van der Waals surface area contributed by atoms with Gasteiger partial charge < -0.3 is 14.4 Å². The van der Waals surface area contributed by atoms with Gasteiger partial charge in [-0.3, -0.25) is 0 Å². The number of hydrogen-bond acceptors (Lipinski definition) is 4. The monoisotopic (exact) mass is 391 g/mol. The summed E-state index contributed by atoms with van der Waals surface area (Å²) in [6, 6.07) is 12.7. The summed E-state index contributed by atoms with van der Waals surface area (Å²) in [5.41, 5.74) is -0.489. The normalized spacial score (nSPS) is 11.4. The lowest BCUT2D eigenvalue weighted by molar-refractivity contribution is -0.137. The van der Waals surface area contributed by atoms with E-state index < -0.39 is 17.7 Å². The Hall–Kier alpha value is -3.29. The highest BCUT2D eigenvalue weighted by atomic mass is 19.4. The van der Waals surface area contributed by atoms with Crippen LogP contribution in [0.5, 0.6) is 5.75 Å². The standard InChI is InChI=1S/C20H16F3NO4/c21-20(22,23)17-6-2-1-5-16(17)18-12-15(28-24-18)4-3-11-27-14-9-7-13(8-10-14)19(25)26/h1-2,5-10,12H,3-4,11H2,(H,25,26). The van der Waals surface area contributed by atoms with Gasteiger partial charge in [0.2, 0.25) is 0 Å². The number of alkyl halides is 3. The van der Waals surface area contributed by atoms with Crippen molar-refractivity contribution in [2.45, 2.75) is 19.0 Å². The number of carbonyl (C=O) groups is 1. The summed E-state index contributed by atoms with van der Waals surface area (Å²) in [6.07, 6.45) is -3.48. The number of carboxylic acid groups (broad SMARTS) is 1. The Morgan fingerprint density at radius 1 is 1.11 bits per heavy atom. The number of benzene rings is 2. The fourth-order valence-electron chi connectivity index (χ4n) is 2.64. The van der Waals surface area contributed by atoms with Gasteiger partial charge in [-0.1, -0.05) is 23.4 Å². The third-order valence-corrected chi connectivity index (χ3v) is 4.00. The second-order valence-electron chi connectivity index (χ2n) is 6.00. The van der Waals surface area contributed by atoms with Crippen molar-refractivity contribution >= 4 is 5.97 Å². The van der Waals surface area contributed by atoms with E-state index in [2.05, 4.69) is 5.16 Å². The van der Waals surface area contributed by atoms with Crippen molar-refractivity contribution in [1.82, 2.24) is 5.16 Å². The number of aryl methyl sites for hydroxylation is 1. The van der Waals surface area contributed by atoms with Gasteiger partial charge in [0, 0.05) is 18.1 Å². The lowest BCUT2D eigenvalue weighted by atomic mass is 10.0. The second kappa shape index (κ2) is 8.16. The molecule has 0 unspecified atom stereocenters. The van der Waals surface area contributed by atoms with Gasteiger partial charge in [-0.25, -0.2) is 4.79 Å². The highest BCUT2D eigenvalue weighted by molar-refractivity contribution is 5.87. The van der Waals surface area contributed by atoms with Crippen molar-refractivity contribution in [3.63, 3.8) is 0 Å². The van der Waals surface area contributed by atoms with Crippen molar-refractivity contribution in [1.29, 1.82) is 0 Å². The maximum absolute atomic E-state index is 13.1. The number of hydrogen-bond donors (Lipinski definition) is 1. The molecule has 1 aromatic heterocycles. The molecule has 0 saturated carbocycles. The highest BCUT2D eigenvalue weighted by Gasteiger charge is 2.34. The molecule has 5 nitrogen and oxygen atoms in total. The largest absolute Gasteiger partial charge is 0.494 e. The molecule has 2 aromatic carbocycles. The van der Waals surface area contributed by atoms with Crippen LogP contribution in [0, 0.1) is 0 Å². The van der Waals surface area contributed by atoms with Gasteiger partial charge in [-0.05, 0) is 36.8 Å². The first-order chi connectivity index (χ1) is 13.3. The zero-order valence-electron chi connectivity index (χ0n) is 14.6. The molecule has 0 radical (unpaired) electrons. The lowest BCUT2D eigenvalue weighted by Gasteiger charge is -2.10. The Morgan fingerprint density at radius 2 is 1.82 bits per heavy atom. The van der Waals surface area contributed by atoms with E-state index in [0.29, 0.717) is 31.0 Å². The molecule has 0 aliphatic carbocycles. The van der Waals surface area contributed by atoms with Crippen LogP contribution in [0.4, 0.5) is 13.2 Å². The summed E-state index contributed by atoms with van der Waals surface area (Å²) in [4.78, 5) is 10.8. The Balaban J connectivity index is 1.56. The summed E-state index contributed by atoms with van der Waals surface area (Å²) in [6.45, 7) is 0.335.